The molecule has 0 aliphatic carbocycles. The summed E-state index contributed by atoms with van der Waals surface area (Å²) in [7, 11) is 0. The molecule has 0 aliphatic heterocycles. The van der Waals surface area contributed by atoms with Crippen LogP contribution in [0.3, 0.4) is 0 Å². The Labute approximate surface area is 166 Å². The Morgan fingerprint density at radius 1 is 0.577 bits per heavy atom. The maximum Gasteiger partial charge on any atom is 0.0151 e. The summed E-state index contributed by atoms with van der Waals surface area (Å²) < 4.78 is 0. The Morgan fingerprint density at radius 3 is 1.27 bits per heavy atom. The van der Waals surface area contributed by atoms with Gasteiger partial charge in [0.15, 0.2) is 0 Å². The van der Waals surface area contributed by atoms with Gasteiger partial charge in [0.2, 0.25) is 0 Å². The minimum absolute atomic E-state index is 0.972. The van der Waals surface area contributed by atoms with Crippen molar-refractivity contribution in [1.29, 1.82) is 0 Å². The molecule has 0 nitrogen and oxygen atoms in total. The fraction of sp³-hybridized carbons (Fsp3) is 0.167. The molecule has 0 heterocycles. The topological polar surface area (TPSA) is 0 Å². The average Bonchev–Trinajstić information content (AvgIpc) is 2.69. The van der Waals surface area contributed by atoms with Crippen LogP contribution in [0.4, 0.5) is 0 Å². The van der Waals surface area contributed by atoms with Crippen molar-refractivity contribution < 1.29 is 0 Å². The van der Waals surface area contributed by atoms with Crippen molar-refractivity contribution in [1.82, 2.24) is 0 Å². The third kappa shape index (κ3) is 2.72. The van der Waals surface area contributed by atoms with E-state index in [1.165, 1.54) is 43.8 Å². The van der Waals surface area contributed by atoms with E-state index in [-0.39, 0.29) is 0 Å². The van der Waals surface area contributed by atoms with E-state index in [2.05, 4.69) is 74.5 Å². The summed E-state index contributed by atoms with van der Waals surface area (Å²) in [5.74, 6) is 0. The Morgan fingerprint density at radius 2 is 0.923 bits per heavy atom. The minimum Gasteiger partial charge on any atom is -0.143 e. The number of thiol groups is 2. The number of fused-ring (bicyclic) bond motifs is 2. The van der Waals surface area contributed by atoms with Gasteiger partial charge in [-0.05, 0) is 68.8 Å². The minimum atomic E-state index is 0.972. The molecule has 0 saturated carbocycles. The van der Waals surface area contributed by atoms with Crippen molar-refractivity contribution in [3.63, 3.8) is 0 Å². The first-order valence-corrected chi connectivity index (χ1v) is 10.0. The molecule has 0 spiro atoms. The highest BCUT2D eigenvalue weighted by atomic mass is 32.1. The zero-order chi connectivity index (χ0) is 18.3. The highest BCUT2D eigenvalue weighted by molar-refractivity contribution is 7.80. The number of hydrogen-bond donors (Lipinski definition) is 2. The van der Waals surface area contributed by atoms with Crippen LogP contribution < -0.4 is 0 Å². The van der Waals surface area contributed by atoms with E-state index in [0.29, 0.717) is 0 Å². The van der Waals surface area contributed by atoms with E-state index in [9.17, 15) is 0 Å². The van der Waals surface area contributed by atoms with Gasteiger partial charge in [-0.3, -0.25) is 0 Å². The van der Waals surface area contributed by atoms with Gasteiger partial charge in [-0.1, -0.05) is 62.4 Å². The summed E-state index contributed by atoms with van der Waals surface area (Å²) in [5.41, 5.74) is 5.15. The summed E-state index contributed by atoms with van der Waals surface area (Å²) in [4.78, 5) is 2.19. The van der Waals surface area contributed by atoms with Crippen LogP contribution in [0.2, 0.25) is 0 Å². The maximum absolute atomic E-state index is 4.82. The van der Waals surface area contributed by atoms with Gasteiger partial charge in [-0.2, -0.15) is 0 Å². The fourth-order valence-corrected chi connectivity index (χ4v) is 4.66. The van der Waals surface area contributed by atoms with E-state index in [1.54, 1.807) is 0 Å². The largest absolute Gasteiger partial charge is 0.143 e. The molecule has 2 heteroatoms. The van der Waals surface area contributed by atoms with Gasteiger partial charge in [0.1, 0.15) is 0 Å². The normalized spacial score (nSPS) is 11.4. The molecule has 0 radical (unpaired) electrons. The third-order valence-electron chi connectivity index (χ3n) is 5.24. The highest BCUT2D eigenvalue weighted by Crippen LogP contribution is 2.40. The quantitative estimate of drug-likeness (QED) is 0.344. The van der Waals surface area contributed by atoms with Gasteiger partial charge >= 0.3 is 0 Å². The Kier molecular flexibility index (Phi) is 4.73. The van der Waals surface area contributed by atoms with Crippen LogP contribution in [0.15, 0.2) is 70.5 Å². The van der Waals surface area contributed by atoms with Gasteiger partial charge in [0, 0.05) is 9.79 Å². The molecule has 0 atom stereocenters. The summed E-state index contributed by atoms with van der Waals surface area (Å²) >= 11 is 9.64. The second-order valence-corrected chi connectivity index (χ2v) is 7.56. The molecule has 0 aliphatic rings. The second-order valence-electron chi connectivity index (χ2n) is 6.66. The zero-order valence-corrected chi connectivity index (χ0v) is 16.9. The SMILES string of the molecule is CCc1cc(-c2cc(CC)c(S)c3ccccc23)c2ccccc2c1S. The number of rotatable bonds is 3. The highest BCUT2D eigenvalue weighted by Gasteiger charge is 2.15. The summed E-state index contributed by atoms with van der Waals surface area (Å²) in [5, 5.41) is 4.96. The first kappa shape index (κ1) is 17.5. The van der Waals surface area contributed by atoms with Crippen molar-refractivity contribution in [2.24, 2.45) is 0 Å². The fourth-order valence-electron chi connectivity index (χ4n) is 3.82. The number of aryl methyl sites for hydroxylation is 2. The molecule has 0 bridgehead atoms. The van der Waals surface area contributed by atoms with Crippen LogP contribution in [0.5, 0.6) is 0 Å². The third-order valence-corrected chi connectivity index (χ3v) is 6.30. The second kappa shape index (κ2) is 7.02. The molecule has 0 unspecified atom stereocenters. The summed E-state index contributed by atoms with van der Waals surface area (Å²) in [6.07, 6.45) is 1.94. The summed E-state index contributed by atoms with van der Waals surface area (Å²) in [6, 6.07) is 21.8. The predicted molar refractivity (Wildman–Crippen MR) is 120 cm³/mol. The molecule has 0 N–H and O–H groups in total. The van der Waals surface area contributed by atoms with Crippen molar-refractivity contribution in [3.8, 4) is 11.1 Å². The summed E-state index contributed by atoms with van der Waals surface area (Å²) in [6.45, 7) is 4.39. The lowest BCUT2D eigenvalue weighted by atomic mass is 9.90. The predicted octanol–water partition coefficient (Wildman–Crippen LogP) is 7.36. The first-order chi connectivity index (χ1) is 12.7. The Balaban J connectivity index is 2.18. The maximum atomic E-state index is 4.82. The molecule has 4 aromatic rings. The van der Waals surface area contributed by atoms with Crippen LogP contribution in [0, 0.1) is 0 Å². The van der Waals surface area contributed by atoms with Crippen LogP contribution in [0.1, 0.15) is 25.0 Å². The molecule has 0 fully saturated rings. The molecule has 26 heavy (non-hydrogen) atoms. The van der Waals surface area contributed by atoms with Gasteiger partial charge in [0.25, 0.3) is 0 Å². The van der Waals surface area contributed by atoms with Gasteiger partial charge in [0.05, 0.1) is 0 Å². The lowest BCUT2D eigenvalue weighted by Crippen LogP contribution is -1.94. The molecule has 4 aromatic carbocycles. The zero-order valence-electron chi connectivity index (χ0n) is 15.1. The van der Waals surface area contributed by atoms with E-state index in [4.69, 9.17) is 25.3 Å². The lowest BCUT2D eigenvalue weighted by Gasteiger charge is -2.17. The van der Waals surface area contributed by atoms with Crippen LogP contribution in [-0.2, 0) is 12.8 Å². The molecule has 0 aromatic heterocycles. The lowest BCUT2D eigenvalue weighted by molar-refractivity contribution is 1.09. The van der Waals surface area contributed by atoms with Crippen LogP contribution in [0.25, 0.3) is 32.7 Å². The van der Waals surface area contributed by atoms with E-state index < -0.39 is 0 Å². The average molecular weight is 375 g/mol. The van der Waals surface area contributed by atoms with Crippen LogP contribution in [-0.4, -0.2) is 0 Å². The number of benzene rings is 4. The number of hydrogen-bond acceptors (Lipinski definition) is 2. The van der Waals surface area contributed by atoms with Gasteiger partial charge < -0.3 is 0 Å². The van der Waals surface area contributed by atoms with E-state index >= 15 is 0 Å². The van der Waals surface area contributed by atoms with Crippen molar-refractivity contribution in [2.75, 3.05) is 0 Å². The standard InChI is InChI=1S/C24H22S2/c1-3-15-13-21(17-9-5-7-11-19(17)23(15)25)22-14-16(4-2)24(26)20-12-8-6-10-18(20)22/h5-14,25-26H,3-4H2,1-2H3. The molecule has 4 rings (SSSR count). The van der Waals surface area contributed by atoms with Gasteiger partial charge in [-0.15, -0.1) is 25.3 Å². The van der Waals surface area contributed by atoms with Gasteiger partial charge in [-0.25, -0.2) is 0 Å². The van der Waals surface area contributed by atoms with Crippen molar-refractivity contribution in [3.05, 3.63) is 71.8 Å². The smallest absolute Gasteiger partial charge is 0.0151 e. The molecule has 130 valence electrons. The Hall–Kier alpha value is -1.90. The van der Waals surface area contributed by atoms with E-state index in [0.717, 1.165) is 22.6 Å². The molecule has 0 amide bonds. The van der Waals surface area contributed by atoms with Crippen molar-refractivity contribution in [2.45, 2.75) is 36.5 Å². The molecule has 0 saturated heterocycles. The van der Waals surface area contributed by atoms with Crippen molar-refractivity contribution >= 4 is 46.8 Å². The van der Waals surface area contributed by atoms with E-state index in [1.807, 2.05) is 0 Å². The monoisotopic (exact) mass is 374 g/mol. The Bertz CT molecular complexity index is 1030. The molecular weight excluding hydrogens is 352 g/mol. The van der Waals surface area contributed by atoms with Crippen LogP contribution >= 0.6 is 25.3 Å². The molecular formula is C24H22S2. The first-order valence-electron chi connectivity index (χ1n) is 9.13.